The predicted molar refractivity (Wildman–Crippen MR) is 93.5 cm³/mol. The topological polar surface area (TPSA) is 57.7 Å². The van der Waals surface area contributed by atoms with E-state index in [1.807, 2.05) is 42.5 Å². The Hall–Kier alpha value is -2.60. The van der Waals surface area contributed by atoms with Crippen LogP contribution in [0.25, 0.3) is 11.4 Å². The Morgan fingerprint density at radius 3 is 2.64 bits per heavy atom. The van der Waals surface area contributed by atoms with Crippen molar-refractivity contribution < 1.29 is 4.39 Å². The van der Waals surface area contributed by atoms with Gasteiger partial charge in [-0.3, -0.25) is 19.4 Å². The molecule has 1 aromatic carbocycles. The Bertz CT molecular complexity index is 805. The number of rotatable bonds is 5. The summed E-state index contributed by atoms with van der Waals surface area (Å²) in [7, 11) is 0. The fourth-order valence-corrected chi connectivity index (χ4v) is 3.46. The van der Waals surface area contributed by atoms with Crippen LogP contribution in [0.1, 0.15) is 17.3 Å². The standard InChI is InChI=1S/C19H20FN5/c20-10-16-12-25(11-14-6-8-21-9-7-14)13-17(16)19-22-18(23-24-19)15-4-2-1-3-5-15/h1-9,16-17H,10-13H2,(H,22,23,24)/t16-,17-/m1/s1. The quantitative estimate of drug-likeness (QED) is 0.777. The fourth-order valence-electron chi connectivity index (χ4n) is 3.46. The van der Waals surface area contributed by atoms with Gasteiger partial charge in [-0.1, -0.05) is 30.3 Å². The van der Waals surface area contributed by atoms with Gasteiger partial charge in [0.15, 0.2) is 5.82 Å². The lowest BCUT2D eigenvalue weighted by atomic mass is 9.97. The molecule has 1 N–H and O–H groups in total. The van der Waals surface area contributed by atoms with Crippen molar-refractivity contribution in [3.05, 3.63) is 66.2 Å². The van der Waals surface area contributed by atoms with Gasteiger partial charge in [-0.15, -0.1) is 0 Å². The Labute approximate surface area is 145 Å². The molecule has 1 aliphatic rings. The second-order valence-electron chi connectivity index (χ2n) is 6.48. The first-order chi connectivity index (χ1) is 12.3. The van der Waals surface area contributed by atoms with E-state index in [9.17, 15) is 4.39 Å². The molecule has 5 nitrogen and oxygen atoms in total. The first-order valence-corrected chi connectivity index (χ1v) is 8.48. The van der Waals surface area contributed by atoms with E-state index < -0.39 is 0 Å². The Morgan fingerprint density at radius 2 is 1.88 bits per heavy atom. The molecule has 1 saturated heterocycles. The number of nitrogens with zero attached hydrogens (tertiary/aromatic N) is 4. The number of alkyl halides is 1. The third-order valence-corrected chi connectivity index (χ3v) is 4.76. The molecule has 0 aliphatic carbocycles. The minimum atomic E-state index is -0.348. The van der Waals surface area contributed by atoms with E-state index in [0.29, 0.717) is 5.82 Å². The van der Waals surface area contributed by atoms with Gasteiger partial charge in [0.2, 0.25) is 0 Å². The van der Waals surface area contributed by atoms with Crippen LogP contribution < -0.4 is 0 Å². The Morgan fingerprint density at radius 1 is 1.08 bits per heavy atom. The van der Waals surface area contributed by atoms with Crippen LogP contribution in [0.15, 0.2) is 54.9 Å². The molecular weight excluding hydrogens is 317 g/mol. The highest BCUT2D eigenvalue weighted by Crippen LogP contribution is 2.32. The van der Waals surface area contributed by atoms with Crippen molar-refractivity contribution in [3.63, 3.8) is 0 Å². The summed E-state index contributed by atoms with van der Waals surface area (Å²) < 4.78 is 13.6. The first-order valence-electron chi connectivity index (χ1n) is 8.48. The van der Waals surface area contributed by atoms with Gasteiger partial charge in [0, 0.05) is 49.4 Å². The predicted octanol–water partition coefficient (Wildman–Crippen LogP) is 3.05. The minimum Gasteiger partial charge on any atom is -0.298 e. The monoisotopic (exact) mass is 337 g/mol. The van der Waals surface area contributed by atoms with E-state index in [4.69, 9.17) is 0 Å². The molecule has 2 aromatic heterocycles. The lowest BCUT2D eigenvalue weighted by Gasteiger charge is -2.15. The van der Waals surface area contributed by atoms with Gasteiger partial charge in [0.25, 0.3) is 0 Å². The van der Waals surface area contributed by atoms with Crippen LogP contribution in [0.3, 0.4) is 0 Å². The Balaban J connectivity index is 1.50. The molecule has 3 heterocycles. The van der Waals surface area contributed by atoms with Crippen molar-refractivity contribution in [2.75, 3.05) is 19.8 Å². The van der Waals surface area contributed by atoms with Crippen molar-refractivity contribution in [2.24, 2.45) is 5.92 Å². The highest BCUT2D eigenvalue weighted by atomic mass is 19.1. The average Bonchev–Trinajstić information content (AvgIpc) is 3.30. The molecule has 1 aliphatic heterocycles. The molecule has 0 unspecified atom stereocenters. The van der Waals surface area contributed by atoms with Crippen LogP contribution in [0.2, 0.25) is 0 Å². The number of H-pyrrole nitrogens is 1. The maximum atomic E-state index is 13.6. The highest BCUT2D eigenvalue weighted by Gasteiger charge is 2.36. The average molecular weight is 337 g/mol. The summed E-state index contributed by atoms with van der Waals surface area (Å²) in [5.74, 6) is 1.43. The van der Waals surface area contributed by atoms with E-state index in [1.54, 1.807) is 12.4 Å². The third kappa shape index (κ3) is 3.44. The zero-order valence-corrected chi connectivity index (χ0v) is 13.8. The third-order valence-electron chi connectivity index (χ3n) is 4.76. The molecule has 0 saturated carbocycles. The molecule has 0 spiro atoms. The molecule has 128 valence electrons. The number of halogens is 1. The lowest BCUT2D eigenvalue weighted by Crippen LogP contribution is -2.20. The van der Waals surface area contributed by atoms with Gasteiger partial charge >= 0.3 is 0 Å². The summed E-state index contributed by atoms with van der Waals surface area (Å²) in [6, 6.07) is 13.8. The maximum Gasteiger partial charge on any atom is 0.181 e. The van der Waals surface area contributed by atoms with Crippen molar-refractivity contribution in [3.8, 4) is 11.4 Å². The van der Waals surface area contributed by atoms with Crippen LogP contribution in [0.4, 0.5) is 4.39 Å². The molecular formula is C19H20FN5. The van der Waals surface area contributed by atoms with Gasteiger partial charge < -0.3 is 0 Å². The van der Waals surface area contributed by atoms with E-state index >= 15 is 0 Å². The molecule has 0 radical (unpaired) electrons. The van der Waals surface area contributed by atoms with Crippen molar-refractivity contribution in [1.29, 1.82) is 0 Å². The molecule has 6 heteroatoms. The van der Waals surface area contributed by atoms with E-state index in [0.717, 1.165) is 31.0 Å². The van der Waals surface area contributed by atoms with Crippen molar-refractivity contribution >= 4 is 0 Å². The number of likely N-dealkylation sites (tertiary alicyclic amines) is 1. The Kier molecular flexibility index (Phi) is 4.52. The number of aromatic nitrogens is 4. The molecule has 4 rings (SSSR count). The summed E-state index contributed by atoms with van der Waals surface area (Å²) in [5, 5.41) is 7.35. The van der Waals surface area contributed by atoms with E-state index in [2.05, 4.69) is 25.1 Å². The zero-order chi connectivity index (χ0) is 17.1. The first kappa shape index (κ1) is 15.9. The summed E-state index contributed by atoms with van der Waals surface area (Å²) in [6.45, 7) is 1.96. The number of aromatic amines is 1. The number of benzene rings is 1. The van der Waals surface area contributed by atoms with Gasteiger partial charge in [-0.05, 0) is 17.7 Å². The molecule has 1 fully saturated rings. The number of pyridine rings is 1. The largest absolute Gasteiger partial charge is 0.298 e. The highest BCUT2D eigenvalue weighted by molar-refractivity contribution is 5.53. The number of hydrogen-bond donors (Lipinski definition) is 1. The zero-order valence-electron chi connectivity index (χ0n) is 13.8. The smallest absolute Gasteiger partial charge is 0.181 e. The molecule has 25 heavy (non-hydrogen) atoms. The lowest BCUT2D eigenvalue weighted by molar-refractivity contribution is 0.295. The molecule has 3 aromatic rings. The summed E-state index contributed by atoms with van der Waals surface area (Å²) >= 11 is 0. The second kappa shape index (κ2) is 7.11. The van der Waals surface area contributed by atoms with Gasteiger partial charge in [0.1, 0.15) is 5.82 Å². The summed E-state index contributed by atoms with van der Waals surface area (Å²) in [4.78, 5) is 10.9. The van der Waals surface area contributed by atoms with Crippen LogP contribution >= 0.6 is 0 Å². The van der Waals surface area contributed by atoms with Gasteiger partial charge in [-0.2, -0.15) is 5.10 Å². The van der Waals surface area contributed by atoms with E-state index in [1.165, 1.54) is 5.56 Å². The minimum absolute atomic E-state index is 0.0387. The number of hydrogen-bond acceptors (Lipinski definition) is 4. The maximum absolute atomic E-state index is 13.6. The molecule has 0 amide bonds. The molecule has 2 atom stereocenters. The van der Waals surface area contributed by atoms with Gasteiger partial charge in [0.05, 0.1) is 6.67 Å². The SMILES string of the molecule is FC[C@@H]1CN(Cc2ccncc2)C[C@H]1c1nc(-c2ccccc2)n[nH]1. The normalized spacial score (nSPS) is 20.8. The van der Waals surface area contributed by atoms with Crippen LogP contribution in [-0.2, 0) is 6.54 Å². The van der Waals surface area contributed by atoms with Gasteiger partial charge in [-0.25, -0.2) is 4.98 Å². The summed E-state index contributed by atoms with van der Waals surface area (Å²) in [6.07, 6.45) is 3.58. The van der Waals surface area contributed by atoms with E-state index in [-0.39, 0.29) is 18.5 Å². The van der Waals surface area contributed by atoms with Crippen LogP contribution in [0.5, 0.6) is 0 Å². The second-order valence-corrected chi connectivity index (χ2v) is 6.48. The number of nitrogens with one attached hydrogen (secondary N) is 1. The molecule has 0 bridgehead atoms. The summed E-state index contributed by atoms with van der Waals surface area (Å²) in [5.41, 5.74) is 2.16. The van der Waals surface area contributed by atoms with Crippen molar-refractivity contribution in [2.45, 2.75) is 12.5 Å². The fraction of sp³-hybridized carbons (Fsp3) is 0.316. The van der Waals surface area contributed by atoms with Crippen LogP contribution in [-0.4, -0.2) is 44.8 Å². The van der Waals surface area contributed by atoms with Crippen molar-refractivity contribution in [1.82, 2.24) is 25.1 Å². The van der Waals surface area contributed by atoms with Crippen LogP contribution in [0, 0.1) is 5.92 Å².